The SMILES string of the molecule is CCC1=Cc2ccc(-n3c4ccccc4c4cc(-c5ccc6c(-c7ccccc7)c7ccccc7c(-c7ccccc7)c6c5)ccc43)cc2C1C. The summed E-state index contributed by atoms with van der Waals surface area (Å²) in [6.45, 7) is 4.61. The van der Waals surface area contributed by atoms with E-state index in [0.717, 1.165) is 6.42 Å². The number of benzene rings is 8. The topological polar surface area (TPSA) is 4.93 Å². The van der Waals surface area contributed by atoms with Crippen molar-refractivity contribution in [3.8, 4) is 39.1 Å². The van der Waals surface area contributed by atoms with Crippen LogP contribution in [-0.4, -0.2) is 4.57 Å². The van der Waals surface area contributed by atoms with Gasteiger partial charge in [0.05, 0.1) is 11.0 Å². The van der Waals surface area contributed by atoms with Gasteiger partial charge in [-0.15, -0.1) is 0 Å². The quantitative estimate of drug-likeness (QED) is 0.163. The summed E-state index contributed by atoms with van der Waals surface area (Å²) in [5.74, 6) is 0.456. The highest BCUT2D eigenvalue weighted by Gasteiger charge is 2.22. The fourth-order valence-corrected chi connectivity index (χ4v) is 8.76. The van der Waals surface area contributed by atoms with E-state index in [4.69, 9.17) is 0 Å². The Bertz CT molecular complexity index is 2830. The molecule has 0 aliphatic heterocycles. The molecule has 0 spiro atoms. The Morgan fingerprint density at radius 3 is 1.69 bits per heavy atom. The molecule has 0 saturated carbocycles. The maximum Gasteiger partial charge on any atom is 0.0541 e. The van der Waals surface area contributed by atoms with Crippen molar-refractivity contribution in [2.75, 3.05) is 0 Å². The summed E-state index contributed by atoms with van der Waals surface area (Å²) in [7, 11) is 0. The van der Waals surface area contributed by atoms with Crippen molar-refractivity contribution < 1.29 is 0 Å². The van der Waals surface area contributed by atoms with Gasteiger partial charge < -0.3 is 4.57 Å². The second-order valence-electron chi connectivity index (χ2n) is 14.0. The van der Waals surface area contributed by atoms with Gasteiger partial charge in [-0.25, -0.2) is 0 Å². The number of allylic oxidation sites excluding steroid dienone is 1. The molecule has 1 nitrogen and oxygen atoms in total. The summed E-state index contributed by atoms with van der Waals surface area (Å²) < 4.78 is 2.46. The largest absolute Gasteiger partial charge is 0.309 e. The van der Waals surface area contributed by atoms with Gasteiger partial charge in [0, 0.05) is 22.4 Å². The lowest BCUT2D eigenvalue weighted by atomic mass is 9.85. The van der Waals surface area contributed by atoms with E-state index in [1.54, 1.807) is 0 Å². The second kappa shape index (κ2) is 11.7. The van der Waals surface area contributed by atoms with Crippen LogP contribution in [0.15, 0.2) is 169 Å². The number of nitrogens with zero attached hydrogens (tertiary/aromatic N) is 1. The number of aromatic nitrogens is 1. The Morgan fingerprint density at radius 1 is 0.451 bits per heavy atom. The molecule has 1 atom stereocenters. The number of fused-ring (bicyclic) bond motifs is 6. The molecule has 0 bridgehead atoms. The summed E-state index contributed by atoms with van der Waals surface area (Å²) >= 11 is 0. The first-order valence-electron chi connectivity index (χ1n) is 18.2. The van der Waals surface area contributed by atoms with Gasteiger partial charge in [0.1, 0.15) is 0 Å². The normalized spacial score (nSPS) is 14.1. The highest BCUT2D eigenvalue weighted by atomic mass is 15.0. The van der Waals surface area contributed by atoms with Gasteiger partial charge in [0.2, 0.25) is 0 Å². The monoisotopic (exact) mass is 651 g/mol. The van der Waals surface area contributed by atoms with Crippen LogP contribution in [0.25, 0.3) is 88.5 Å². The van der Waals surface area contributed by atoms with Crippen molar-refractivity contribution in [2.24, 2.45) is 0 Å². The van der Waals surface area contributed by atoms with Gasteiger partial charge in [0.25, 0.3) is 0 Å². The van der Waals surface area contributed by atoms with Gasteiger partial charge in [-0.05, 0) is 109 Å². The van der Waals surface area contributed by atoms with Crippen molar-refractivity contribution in [1.82, 2.24) is 4.57 Å². The summed E-state index contributed by atoms with van der Waals surface area (Å²) in [4.78, 5) is 0. The van der Waals surface area contributed by atoms with E-state index in [1.807, 2.05) is 0 Å². The van der Waals surface area contributed by atoms with E-state index in [-0.39, 0.29) is 0 Å². The molecule has 51 heavy (non-hydrogen) atoms. The molecule has 9 aromatic rings. The third-order valence-corrected chi connectivity index (χ3v) is 11.3. The molecule has 1 heteroatoms. The maximum atomic E-state index is 2.46. The first-order valence-corrected chi connectivity index (χ1v) is 18.2. The van der Waals surface area contributed by atoms with E-state index < -0.39 is 0 Å². The third-order valence-electron chi connectivity index (χ3n) is 11.3. The van der Waals surface area contributed by atoms with Crippen molar-refractivity contribution in [2.45, 2.75) is 26.2 Å². The smallest absolute Gasteiger partial charge is 0.0541 e. The zero-order valence-electron chi connectivity index (χ0n) is 28.9. The Balaban J connectivity index is 1.20. The molecule has 1 unspecified atom stereocenters. The standard InChI is InChI=1S/C50H37N/c1-3-33-28-38-22-25-39(31-44(38)32(33)2)51-47-21-13-12-18-40(47)45-29-37(24-27-48(45)51)36-23-26-43-46(30-36)50(35-16-8-5-9-17-35)42-20-11-10-19-41(42)49(43)34-14-6-4-7-15-34/h4-32H,3H2,1-2H3. The van der Waals surface area contributed by atoms with Crippen LogP contribution in [-0.2, 0) is 0 Å². The zero-order chi connectivity index (χ0) is 34.1. The molecule has 0 saturated heterocycles. The van der Waals surface area contributed by atoms with Crippen LogP contribution in [0.5, 0.6) is 0 Å². The van der Waals surface area contributed by atoms with Gasteiger partial charge >= 0.3 is 0 Å². The highest BCUT2D eigenvalue weighted by Crippen LogP contribution is 2.46. The van der Waals surface area contributed by atoms with Crippen molar-refractivity contribution in [3.63, 3.8) is 0 Å². The lowest BCUT2D eigenvalue weighted by Crippen LogP contribution is -1.98. The van der Waals surface area contributed by atoms with Gasteiger partial charge in [0.15, 0.2) is 0 Å². The van der Waals surface area contributed by atoms with Crippen molar-refractivity contribution in [1.29, 1.82) is 0 Å². The van der Waals surface area contributed by atoms with Crippen LogP contribution in [0.4, 0.5) is 0 Å². The summed E-state index contributed by atoms with van der Waals surface area (Å²) in [6.07, 6.45) is 3.48. The van der Waals surface area contributed by atoms with Gasteiger partial charge in [-0.3, -0.25) is 0 Å². The molecule has 0 N–H and O–H groups in total. The third kappa shape index (κ3) is 4.62. The Kier molecular flexibility index (Phi) is 6.82. The van der Waals surface area contributed by atoms with E-state index in [2.05, 4.69) is 188 Å². The molecule has 1 aliphatic rings. The fourth-order valence-electron chi connectivity index (χ4n) is 8.76. The molecule has 10 rings (SSSR count). The average molecular weight is 652 g/mol. The van der Waals surface area contributed by atoms with Crippen LogP contribution in [0, 0.1) is 0 Å². The molecular formula is C50H37N. The first kappa shape index (κ1) is 29.7. The van der Waals surface area contributed by atoms with Gasteiger partial charge in [-0.1, -0.05) is 153 Å². The summed E-state index contributed by atoms with van der Waals surface area (Å²) in [5.41, 5.74) is 15.5. The minimum atomic E-state index is 0.456. The predicted octanol–water partition coefficient (Wildman–Crippen LogP) is 14.0. The highest BCUT2D eigenvalue weighted by molar-refractivity contribution is 6.22. The molecule has 0 amide bonds. The van der Waals surface area contributed by atoms with Crippen molar-refractivity contribution in [3.05, 3.63) is 180 Å². The molecule has 0 radical (unpaired) electrons. The molecule has 1 aromatic heterocycles. The first-order chi connectivity index (χ1) is 25.2. The predicted molar refractivity (Wildman–Crippen MR) is 219 cm³/mol. The van der Waals surface area contributed by atoms with Crippen LogP contribution in [0.3, 0.4) is 0 Å². The van der Waals surface area contributed by atoms with Crippen LogP contribution >= 0.6 is 0 Å². The van der Waals surface area contributed by atoms with E-state index in [0.29, 0.717) is 5.92 Å². The molecule has 1 aliphatic carbocycles. The Labute approximate surface area is 298 Å². The summed E-state index contributed by atoms with van der Waals surface area (Å²) in [5, 5.41) is 7.64. The summed E-state index contributed by atoms with van der Waals surface area (Å²) in [6, 6.07) is 60.7. The molecule has 1 heterocycles. The Hall–Kier alpha value is -6.18. The average Bonchev–Trinajstić information content (AvgIpc) is 3.70. The number of hydrogen-bond donors (Lipinski definition) is 0. The second-order valence-corrected chi connectivity index (χ2v) is 14.0. The number of rotatable bonds is 5. The maximum absolute atomic E-state index is 2.46. The van der Waals surface area contributed by atoms with Crippen molar-refractivity contribution >= 4 is 49.4 Å². The van der Waals surface area contributed by atoms with Crippen LogP contribution in [0.1, 0.15) is 37.3 Å². The van der Waals surface area contributed by atoms with Gasteiger partial charge in [-0.2, -0.15) is 0 Å². The molecular weight excluding hydrogens is 615 g/mol. The number of hydrogen-bond acceptors (Lipinski definition) is 0. The van der Waals surface area contributed by atoms with E-state index in [9.17, 15) is 0 Å². The Morgan fingerprint density at radius 2 is 1.00 bits per heavy atom. The molecule has 0 fully saturated rings. The van der Waals surface area contributed by atoms with E-state index in [1.165, 1.54) is 99.1 Å². The molecule has 242 valence electrons. The zero-order valence-corrected chi connectivity index (χ0v) is 28.9. The van der Waals surface area contributed by atoms with E-state index >= 15 is 0 Å². The van der Waals surface area contributed by atoms with Crippen LogP contribution in [0.2, 0.25) is 0 Å². The number of para-hydroxylation sites is 1. The lowest BCUT2D eigenvalue weighted by molar-refractivity contribution is 0.863. The minimum Gasteiger partial charge on any atom is -0.309 e. The lowest BCUT2D eigenvalue weighted by Gasteiger charge is -2.18. The van der Waals surface area contributed by atoms with Crippen LogP contribution < -0.4 is 0 Å². The molecule has 8 aromatic carbocycles. The minimum absolute atomic E-state index is 0.456. The fraction of sp³-hybridized carbons (Fsp3) is 0.0800.